The molecule has 136 valence electrons. The van der Waals surface area contributed by atoms with Gasteiger partial charge in [0.15, 0.2) is 11.5 Å². The van der Waals surface area contributed by atoms with Crippen LogP contribution in [0.3, 0.4) is 0 Å². The maximum absolute atomic E-state index is 12.9. The third-order valence-electron chi connectivity index (χ3n) is 4.46. The van der Waals surface area contributed by atoms with Crippen molar-refractivity contribution in [3.8, 4) is 11.5 Å². The summed E-state index contributed by atoms with van der Waals surface area (Å²) in [6, 6.07) is 4.98. The minimum Gasteiger partial charge on any atom is -0.454 e. The molecule has 0 spiro atoms. The molecule has 0 saturated carbocycles. The molecule has 0 radical (unpaired) electrons. The van der Waals surface area contributed by atoms with E-state index in [1.54, 1.807) is 4.90 Å². The SMILES string of the molecule is CC[C@H]1CN(C(=O)[C@H](Cc2ccc3c(c2)OCO3)NC(C)=O)CCO1. The highest BCUT2D eigenvalue weighted by Crippen LogP contribution is 2.32. The van der Waals surface area contributed by atoms with Crippen molar-refractivity contribution in [2.24, 2.45) is 0 Å². The zero-order chi connectivity index (χ0) is 17.8. The van der Waals surface area contributed by atoms with E-state index in [0.717, 1.165) is 12.0 Å². The average Bonchev–Trinajstić information content (AvgIpc) is 3.08. The Kier molecular flexibility index (Phi) is 5.43. The molecule has 0 aromatic heterocycles. The molecule has 0 aliphatic carbocycles. The summed E-state index contributed by atoms with van der Waals surface area (Å²) in [7, 11) is 0. The van der Waals surface area contributed by atoms with Crippen LogP contribution in [0.2, 0.25) is 0 Å². The molecule has 2 aliphatic rings. The van der Waals surface area contributed by atoms with E-state index in [9.17, 15) is 9.59 Å². The predicted octanol–water partition coefficient (Wildman–Crippen LogP) is 1.10. The van der Waals surface area contributed by atoms with E-state index in [-0.39, 0.29) is 24.7 Å². The Morgan fingerprint density at radius 3 is 2.88 bits per heavy atom. The van der Waals surface area contributed by atoms with Gasteiger partial charge in [0.1, 0.15) is 6.04 Å². The van der Waals surface area contributed by atoms with Crippen molar-refractivity contribution >= 4 is 11.8 Å². The Morgan fingerprint density at radius 2 is 2.12 bits per heavy atom. The number of ether oxygens (including phenoxy) is 3. The molecule has 7 nitrogen and oxygen atoms in total. The number of amides is 2. The topological polar surface area (TPSA) is 77.1 Å². The average molecular weight is 348 g/mol. The summed E-state index contributed by atoms with van der Waals surface area (Å²) in [6.07, 6.45) is 1.32. The lowest BCUT2D eigenvalue weighted by Gasteiger charge is -2.35. The van der Waals surface area contributed by atoms with Crippen LogP contribution >= 0.6 is 0 Å². The van der Waals surface area contributed by atoms with Gasteiger partial charge in [-0.25, -0.2) is 0 Å². The summed E-state index contributed by atoms with van der Waals surface area (Å²) in [6.45, 7) is 5.31. The zero-order valence-electron chi connectivity index (χ0n) is 14.6. The summed E-state index contributed by atoms with van der Waals surface area (Å²) in [5.74, 6) is 1.07. The predicted molar refractivity (Wildman–Crippen MR) is 90.5 cm³/mol. The second-order valence-corrected chi connectivity index (χ2v) is 6.33. The molecule has 1 aromatic rings. The lowest BCUT2D eigenvalue weighted by atomic mass is 10.0. The standard InChI is InChI=1S/C18H24N2O5/c1-3-14-10-20(6-7-23-14)18(22)15(19-12(2)21)8-13-4-5-16-17(9-13)25-11-24-16/h4-5,9,14-15H,3,6-8,10-11H2,1-2H3,(H,19,21)/t14-,15-/m0/s1. The molecule has 2 atom stereocenters. The Labute approximate surface area is 147 Å². The third-order valence-corrected chi connectivity index (χ3v) is 4.46. The van der Waals surface area contributed by atoms with Gasteiger partial charge in [-0.15, -0.1) is 0 Å². The van der Waals surface area contributed by atoms with E-state index < -0.39 is 6.04 Å². The zero-order valence-corrected chi connectivity index (χ0v) is 14.6. The first-order valence-electron chi connectivity index (χ1n) is 8.63. The molecule has 2 amide bonds. The Hall–Kier alpha value is -2.28. The minimum atomic E-state index is -0.603. The minimum absolute atomic E-state index is 0.0567. The van der Waals surface area contributed by atoms with Crippen molar-refractivity contribution < 1.29 is 23.8 Å². The highest BCUT2D eigenvalue weighted by molar-refractivity contribution is 5.87. The molecule has 0 unspecified atom stereocenters. The largest absolute Gasteiger partial charge is 0.454 e. The number of morpholine rings is 1. The van der Waals surface area contributed by atoms with E-state index in [0.29, 0.717) is 37.6 Å². The fourth-order valence-corrected chi connectivity index (χ4v) is 3.14. The van der Waals surface area contributed by atoms with Crippen LogP contribution in [-0.2, 0) is 20.7 Å². The number of carbonyl (C=O) groups is 2. The quantitative estimate of drug-likeness (QED) is 0.862. The molecular weight excluding hydrogens is 324 g/mol. The number of benzene rings is 1. The highest BCUT2D eigenvalue weighted by Gasteiger charge is 2.30. The molecule has 1 aromatic carbocycles. The molecule has 1 fully saturated rings. The lowest BCUT2D eigenvalue weighted by molar-refractivity contribution is -0.142. The second kappa shape index (κ2) is 7.74. The molecule has 25 heavy (non-hydrogen) atoms. The first-order valence-corrected chi connectivity index (χ1v) is 8.63. The highest BCUT2D eigenvalue weighted by atomic mass is 16.7. The third kappa shape index (κ3) is 4.22. The van der Waals surface area contributed by atoms with Crippen LogP contribution in [0.25, 0.3) is 0 Å². The number of nitrogens with one attached hydrogen (secondary N) is 1. The summed E-state index contributed by atoms with van der Waals surface area (Å²) >= 11 is 0. The summed E-state index contributed by atoms with van der Waals surface area (Å²) in [5, 5.41) is 2.78. The molecule has 7 heteroatoms. The monoisotopic (exact) mass is 348 g/mol. The molecule has 3 rings (SSSR count). The van der Waals surface area contributed by atoms with Gasteiger partial charge in [-0.3, -0.25) is 9.59 Å². The van der Waals surface area contributed by atoms with Crippen molar-refractivity contribution in [3.05, 3.63) is 23.8 Å². The van der Waals surface area contributed by atoms with Crippen LogP contribution in [0.15, 0.2) is 18.2 Å². The van der Waals surface area contributed by atoms with Crippen LogP contribution in [0.1, 0.15) is 25.8 Å². The second-order valence-electron chi connectivity index (χ2n) is 6.33. The lowest BCUT2D eigenvalue weighted by Crippen LogP contribution is -2.54. The van der Waals surface area contributed by atoms with Gasteiger partial charge in [0.25, 0.3) is 0 Å². The van der Waals surface area contributed by atoms with Gasteiger partial charge < -0.3 is 24.4 Å². The molecule has 2 heterocycles. The summed E-state index contributed by atoms with van der Waals surface area (Å²) in [5.41, 5.74) is 0.914. The molecular formula is C18H24N2O5. The molecule has 1 N–H and O–H groups in total. The van der Waals surface area contributed by atoms with Gasteiger partial charge >= 0.3 is 0 Å². The number of nitrogens with zero attached hydrogens (tertiary/aromatic N) is 1. The van der Waals surface area contributed by atoms with Gasteiger partial charge in [0.05, 0.1) is 12.7 Å². The van der Waals surface area contributed by atoms with E-state index in [1.165, 1.54) is 6.92 Å². The number of hydrogen-bond acceptors (Lipinski definition) is 5. The Morgan fingerprint density at radius 1 is 1.32 bits per heavy atom. The number of rotatable bonds is 5. The fourth-order valence-electron chi connectivity index (χ4n) is 3.14. The number of fused-ring (bicyclic) bond motifs is 1. The molecule has 2 aliphatic heterocycles. The van der Waals surface area contributed by atoms with Crippen molar-refractivity contribution in [2.75, 3.05) is 26.5 Å². The van der Waals surface area contributed by atoms with Crippen LogP contribution in [0, 0.1) is 0 Å². The van der Waals surface area contributed by atoms with E-state index in [4.69, 9.17) is 14.2 Å². The van der Waals surface area contributed by atoms with Gasteiger partial charge in [0.2, 0.25) is 18.6 Å². The van der Waals surface area contributed by atoms with E-state index in [2.05, 4.69) is 5.32 Å². The van der Waals surface area contributed by atoms with Crippen molar-refractivity contribution in [1.82, 2.24) is 10.2 Å². The Bertz CT molecular complexity index is 648. The normalized spacial score (nSPS) is 20.2. The summed E-state index contributed by atoms with van der Waals surface area (Å²) < 4.78 is 16.3. The maximum atomic E-state index is 12.9. The summed E-state index contributed by atoms with van der Waals surface area (Å²) in [4.78, 5) is 26.3. The van der Waals surface area contributed by atoms with Crippen LogP contribution in [-0.4, -0.2) is 55.3 Å². The van der Waals surface area contributed by atoms with Crippen LogP contribution in [0.5, 0.6) is 11.5 Å². The first kappa shape index (κ1) is 17.5. The fraction of sp³-hybridized carbons (Fsp3) is 0.556. The van der Waals surface area contributed by atoms with Crippen LogP contribution < -0.4 is 14.8 Å². The first-order chi connectivity index (χ1) is 12.1. The van der Waals surface area contributed by atoms with Gasteiger partial charge in [0, 0.05) is 26.4 Å². The Balaban J connectivity index is 1.72. The van der Waals surface area contributed by atoms with Crippen molar-refractivity contribution in [1.29, 1.82) is 0 Å². The number of hydrogen-bond donors (Lipinski definition) is 1. The molecule has 1 saturated heterocycles. The number of carbonyl (C=O) groups excluding carboxylic acids is 2. The smallest absolute Gasteiger partial charge is 0.245 e. The van der Waals surface area contributed by atoms with Gasteiger partial charge in [-0.1, -0.05) is 13.0 Å². The van der Waals surface area contributed by atoms with E-state index in [1.807, 2.05) is 25.1 Å². The van der Waals surface area contributed by atoms with Gasteiger partial charge in [-0.2, -0.15) is 0 Å². The molecule has 0 bridgehead atoms. The van der Waals surface area contributed by atoms with E-state index >= 15 is 0 Å². The van der Waals surface area contributed by atoms with Crippen LogP contribution in [0.4, 0.5) is 0 Å². The van der Waals surface area contributed by atoms with Crippen molar-refractivity contribution in [3.63, 3.8) is 0 Å². The maximum Gasteiger partial charge on any atom is 0.245 e. The van der Waals surface area contributed by atoms with Crippen molar-refractivity contribution in [2.45, 2.75) is 38.8 Å². The van der Waals surface area contributed by atoms with Gasteiger partial charge in [-0.05, 0) is 24.1 Å².